The zero-order chi connectivity index (χ0) is 20.8. The predicted octanol–water partition coefficient (Wildman–Crippen LogP) is 3.48. The van der Waals surface area contributed by atoms with Crippen LogP contribution in [0.1, 0.15) is 12.7 Å². The molecule has 0 aliphatic rings. The number of nitrogens with one attached hydrogen (secondary N) is 2. The number of amides is 2. The first-order chi connectivity index (χ1) is 14.0. The minimum absolute atomic E-state index is 0.110. The van der Waals surface area contributed by atoms with Crippen molar-refractivity contribution in [3.63, 3.8) is 0 Å². The average molecular weight is 478 g/mol. The van der Waals surface area contributed by atoms with Crippen LogP contribution in [-0.2, 0) is 16.1 Å². The van der Waals surface area contributed by atoms with Crippen molar-refractivity contribution in [3.05, 3.63) is 46.8 Å². The Hall–Kier alpha value is -2.59. The molecule has 0 aliphatic heterocycles. The van der Waals surface area contributed by atoms with Crippen LogP contribution in [0.15, 0.2) is 50.6 Å². The molecule has 2 N–H and O–H groups in total. The van der Waals surface area contributed by atoms with Crippen LogP contribution in [0, 0.1) is 6.92 Å². The van der Waals surface area contributed by atoms with Gasteiger partial charge in [0.05, 0.1) is 29.8 Å². The molecule has 8 nitrogen and oxygen atoms in total. The summed E-state index contributed by atoms with van der Waals surface area (Å²) in [4.78, 5) is 24.2. The molecule has 0 spiro atoms. The number of carbonyl (C=O) groups excluding carboxylic acids is 2. The van der Waals surface area contributed by atoms with E-state index in [2.05, 4.69) is 36.8 Å². The number of rotatable bonds is 8. The summed E-state index contributed by atoms with van der Waals surface area (Å²) < 4.78 is 8.04. The Balaban J connectivity index is 1.52. The summed E-state index contributed by atoms with van der Waals surface area (Å²) in [5, 5.41) is 14.4. The lowest BCUT2D eigenvalue weighted by Gasteiger charge is -2.09. The van der Waals surface area contributed by atoms with Gasteiger partial charge in [-0.1, -0.05) is 23.9 Å². The fourth-order valence-corrected chi connectivity index (χ4v) is 3.83. The second kappa shape index (κ2) is 9.75. The van der Waals surface area contributed by atoms with Gasteiger partial charge in [0, 0.05) is 11.0 Å². The third-order valence-electron chi connectivity index (χ3n) is 4.06. The smallest absolute Gasteiger partial charge is 0.243 e. The van der Waals surface area contributed by atoms with Crippen molar-refractivity contribution in [3.8, 4) is 11.4 Å². The normalized spacial score (nSPS) is 10.7. The average Bonchev–Trinajstić information content (AvgIpc) is 3.31. The van der Waals surface area contributed by atoms with Gasteiger partial charge < -0.3 is 19.6 Å². The molecule has 0 fully saturated rings. The summed E-state index contributed by atoms with van der Waals surface area (Å²) >= 11 is 4.63. The van der Waals surface area contributed by atoms with Crippen LogP contribution in [0.4, 0.5) is 5.69 Å². The lowest BCUT2D eigenvalue weighted by Crippen LogP contribution is -2.34. The molecule has 2 heterocycles. The minimum Gasteiger partial charge on any atom is -0.469 e. The molecule has 3 aromatic rings. The molecular weight excluding hydrogens is 458 g/mol. The standard InChI is InChI=1S/C19H20BrN5O3S/c1-3-25-18(13-8-9-28-12(13)2)23-24-19(25)29-11-17(27)21-10-16(26)22-15-7-5-4-6-14(15)20/h4-9H,3,10-11H2,1-2H3,(H,21,27)(H,22,26). The van der Waals surface area contributed by atoms with E-state index in [9.17, 15) is 9.59 Å². The molecule has 0 radical (unpaired) electrons. The van der Waals surface area contributed by atoms with Crippen LogP contribution in [0.3, 0.4) is 0 Å². The number of nitrogens with zero attached hydrogens (tertiary/aromatic N) is 3. The first kappa shape index (κ1) is 21.1. The van der Waals surface area contributed by atoms with Crippen molar-refractivity contribution in [2.75, 3.05) is 17.6 Å². The number of aryl methyl sites for hydroxylation is 1. The maximum Gasteiger partial charge on any atom is 0.243 e. The summed E-state index contributed by atoms with van der Waals surface area (Å²) in [6.45, 7) is 4.40. The number of thioether (sulfide) groups is 1. The highest BCUT2D eigenvalue weighted by Gasteiger charge is 2.17. The molecule has 152 valence electrons. The van der Waals surface area contributed by atoms with E-state index in [0.717, 1.165) is 15.8 Å². The quantitative estimate of drug-likeness (QED) is 0.481. The molecule has 1 aromatic carbocycles. The van der Waals surface area contributed by atoms with Crippen LogP contribution in [0.5, 0.6) is 0 Å². The molecule has 0 saturated heterocycles. The maximum atomic E-state index is 12.1. The van der Waals surface area contributed by atoms with Crippen molar-refractivity contribution >= 4 is 45.2 Å². The number of halogens is 1. The van der Waals surface area contributed by atoms with Crippen LogP contribution in [0.2, 0.25) is 0 Å². The molecule has 2 aromatic heterocycles. The van der Waals surface area contributed by atoms with Crippen LogP contribution >= 0.6 is 27.7 Å². The fourth-order valence-electron chi connectivity index (χ4n) is 2.61. The molecule has 0 atom stereocenters. The van der Waals surface area contributed by atoms with Crippen LogP contribution < -0.4 is 10.6 Å². The van der Waals surface area contributed by atoms with E-state index in [0.29, 0.717) is 23.2 Å². The highest BCUT2D eigenvalue weighted by molar-refractivity contribution is 9.10. The third-order valence-corrected chi connectivity index (χ3v) is 5.72. The molecule has 10 heteroatoms. The molecule has 2 amide bonds. The topological polar surface area (TPSA) is 102 Å². The number of hydrogen-bond donors (Lipinski definition) is 2. The van der Waals surface area contributed by atoms with Gasteiger partial charge >= 0.3 is 0 Å². The van der Waals surface area contributed by atoms with E-state index >= 15 is 0 Å². The summed E-state index contributed by atoms with van der Waals surface area (Å²) in [7, 11) is 0. The van der Waals surface area contributed by atoms with Crippen LogP contribution in [0.25, 0.3) is 11.4 Å². The van der Waals surface area contributed by atoms with Gasteiger partial charge in [0.2, 0.25) is 11.8 Å². The Morgan fingerprint density at radius 3 is 2.69 bits per heavy atom. The molecule has 0 unspecified atom stereocenters. The van der Waals surface area contributed by atoms with Gasteiger partial charge in [0.1, 0.15) is 5.76 Å². The largest absolute Gasteiger partial charge is 0.469 e. The Kier molecular flexibility index (Phi) is 7.10. The number of benzene rings is 1. The second-order valence-corrected chi connectivity index (χ2v) is 7.83. The summed E-state index contributed by atoms with van der Waals surface area (Å²) in [5.74, 6) is 1.03. The number of anilines is 1. The Bertz CT molecular complexity index is 1020. The van der Waals surface area contributed by atoms with Crippen LogP contribution in [-0.4, -0.2) is 38.9 Å². The van der Waals surface area contributed by atoms with Crippen molar-refractivity contribution in [1.29, 1.82) is 0 Å². The molecule has 0 aliphatic carbocycles. The van der Waals surface area contributed by atoms with E-state index in [4.69, 9.17) is 4.42 Å². The Morgan fingerprint density at radius 1 is 1.21 bits per heavy atom. The maximum absolute atomic E-state index is 12.1. The number of furan rings is 1. The minimum atomic E-state index is -0.301. The van der Waals surface area contributed by atoms with Crippen molar-refractivity contribution < 1.29 is 14.0 Å². The van der Waals surface area contributed by atoms with Crippen molar-refractivity contribution in [1.82, 2.24) is 20.1 Å². The zero-order valence-corrected chi connectivity index (χ0v) is 18.3. The summed E-state index contributed by atoms with van der Waals surface area (Å²) in [6, 6.07) is 9.12. The highest BCUT2D eigenvalue weighted by Crippen LogP contribution is 2.26. The van der Waals surface area contributed by atoms with E-state index in [1.807, 2.05) is 42.7 Å². The molecule has 0 bridgehead atoms. The monoisotopic (exact) mass is 477 g/mol. The molecule has 3 rings (SSSR count). The summed E-state index contributed by atoms with van der Waals surface area (Å²) in [6.07, 6.45) is 1.61. The predicted molar refractivity (Wildman–Crippen MR) is 115 cm³/mol. The van der Waals surface area contributed by atoms with Gasteiger partial charge in [0.15, 0.2) is 11.0 Å². The van der Waals surface area contributed by atoms with Gasteiger partial charge in [-0.2, -0.15) is 0 Å². The molecule has 29 heavy (non-hydrogen) atoms. The van der Waals surface area contributed by atoms with Gasteiger partial charge in [0.25, 0.3) is 0 Å². The van der Waals surface area contributed by atoms with Gasteiger partial charge in [-0.15, -0.1) is 10.2 Å². The fraction of sp³-hybridized carbons (Fsp3) is 0.263. The third kappa shape index (κ3) is 5.27. The zero-order valence-electron chi connectivity index (χ0n) is 15.9. The number of carbonyl (C=O) groups is 2. The van der Waals surface area contributed by atoms with Crippen molar-refractivity contribution in [2.24, 2.45) is 0 Å². The SMILES string of the molecule is CCn1c(SCC(=O)NCC(=O)Nc2ccccc2Br)nnc1-c1ccoc1C. The van der Waals surface area contributed by atoms with E-state index in [1.165, 1.54) is 11.8 Å². The van der Waals surface area contributed by atoms with E-state index < -0.39 is 0 Å². The van der Waals surface area contributed by atoms with Gasteiger partial charge in [-0.3, -0.25) is 9.59 Å². The Morgan fingerprint density at radius 2 is 2.00 bits per heavy atom. The summed E-state index contributed by atoms with van der Waals surface area (Å²) in [5.41, 5.74) is 1.53. The second-order valence-electron chi connectivity index (χ2n) is 6.03. The number of aromatic nitrogens is 3. The van der Waals surface area contributed by atoms with E-state index in [1.54, 1.807) is 12.3 Å². The van der Waals surface area contributed by atoms with Gasteiger partial charge in [-0.25, -0.2) is 0 Å². The lowest BCUT2D eigenvalue weighted by molar-refractivity contribution is -0.122. The lowest BCUT2D eigenvalue weighted by atomic mass is 10.2. The number of para-hydroxylation sites is 1. The molecule has 0 saturated carbocycles. The first-order valence-electron chi connectivity index (χ1n) is 8.91. The van der Waals surface area contributed by atoms with E-state index in [-0.39, 0.29) is 24.1 Å². The molecular formula is C19H20BrN5O3S. The highest BCUT2D eigenvalue weighted by atomic mass is 79.9. The Labute approximate surface area is 180 Å². The first-order valence-corrected chi connectivity index (χ1v) is 10.7. The van der Waals surface area contributed by atoms with Gasteiger partial charge in [-0.05, 0) is 48.0 Å². The number of hydrogen-bond acceptors (Lipinski definition) is 6. The van der Waals surface area contributed by atoms with Crippen molar-refractivity contribution in [2.45, 2.75) is 25.5 Å².